The minimum atomic E-state index is 0.450. The van der Waals surface area contributed by atoms with Crippen LogP contribution >= 0.6 is 0 Å². The van der Waals surface area contributed by atoms with Gasteiger partial charge in [0.25, 0.3) is 0 Å². The predicted octanol–water partition coefficient (Wildman–Crippen LogP) is 5.25. The van der Waals surface area contributed by atoms with Gasteiger partial charge in [0.1, 0.15) is 11.3 Å². The first-order valence-corrected chi connectivity index (χ1v) is 8.84. The molecule has 0 aliphatic heterocycles. The van der Waals surface area contributed by atoms with Crippen LogP contribution in [-0.4, -0.2) is 20.5 Å². The third kappa shape index (κ3) is 6.03. The number of aromatic hydroxyl groups is 1. The van der Waals surface area contributed by atoms with Crippen molar-refractivity contribution in [2.75, 3.05) is 0 Å². The van der Waals surface area contributed by atoms with Gasteiger partial charge < -0.3 is 5.11 Å². The molecule has 0 atom stereocenters. The van der Waals surface area contributed by atoms with Gasteiger partial charge >= 0.3 is 0 Å². The topological polar surface area (TPSA) is 61.8 Å². The van der Waals surface area contributed by atoms with E-state index in [1.54, 1.807) is 6.07 Å². The molecular formula is C20H27N3O. The van der Waals surface area contributed by atoms with Gasteiger partial charge in [-0.3, -0.25) is 5.10 Å². The van der Waals surface area contributed by atoms with E-state index in [0.717, 1.165) is 23.0 Å². The lowest BCUT2D eigenvalue weighted by Crippen LogP contribution is -1.86. The second-order valence-electron chi connectivity index (χ2n) is 5.98. The lowest BCUT2D eigenvalue weighted by atomic mass is 10.0. The van der Waals surface area contributed by atoms with Gasteiger partial charge in [-0.25, -0.2) is 0 Å². The largest absolute Gasteiger partial charge is 0.508 e. The summed E-state index contributed by atoms with van der Waals surface area (Å²) < 4.78 is 0. The summed E-state index contributed by atoms with van der Waals surface area (Å²) >= 11 is 0. The van der Waals surface area contributed by atoms with E-state index in [0.29, 0.717) is 5.75 Å². The molecule has 0 saturated heterocycles. The zero-order valence-corrected chi connectivity index (χ0v) is 14.4. The van der Waals surface area contributed by atoms with Gasteiger partial charge in [-0.15, -0.1) is 5.10 Å². The lowest BCUT2D eigenvalue weighted by molar-refractivity contribution is 0.466. The van der Waals surface area contributed by atoms with Crippen molar-refractivity contribution in [2.45, 2.75) is 51.9 Å². The van der Waals surface area contributed by atoms with Crippen LogP contribution in [-0.2, 0) is 6.42 Å². The van der Waals surface area contributed by atoms with Gasteiger partial charge in [-0.05, 0) is 36.6 Å². The molecule has 0 aliphatic rings. The maximum atomic E-state index is 9.55. The molecule has 4 heteroatoms. The van der Waals surface area contributed by atoms with Gasteiger partial charge in [0, 0.05) is 0 Å². The Kier molecular flexibility index (Phi) is 7.81. The third-order valence-corrected chi connectivity index (χ3v) is 4.02. The SMILES string of the molecule is CCCCCCCCc1ccccc1O.c1ccc2[nH]nnc2c1. The number of benzene rings is 2. The maximum Gasteiger partial charge on any atom is 0.118 e. The summed E-state index contributed by atoms with van der Waals surface area (Å²) in [5.41, 5.74) is 2.99. The Morgan fingerprint density at radius 2 is 1.58 bits per heavy atom. The highest BCUT2D eigenvalue weighted by atomic mass is 16.3. The Labute approximate surface area is 143 Å². The summed E-state index contributed by atoms with van der Waals surface area (Å²) in [5, 5.41) is 19.7. The fourth-order valence-electron chi connectivity index (χ4n) is 2.61. The van der Waals surface area contributed by atoms with Crippen LogP contribution in [0.5, 0.6) is 5.75 Å². The van der Waals surface area contributed by atoms with Crippen LogP contribution < -0.4 is 0 Å². The Morgan fingerprint density at radius 1 is 0.875 bits per heavy atom. The van der Waals surface area contributed by atoms with E-state index in [2.05, 4.69) is 22.3 Å². The van der Waals surface area contributed by atoms with Crippen molar-refractivity contribution in [2.24, 2.45) is 0 Å². The molecule has 24 heavy (non-hydrogen) atoms. The number of phenols is 1. The number of hydrogen-bond acceptors (Lipinski definition) is 3. The molecule has 2 N–H and O–H groups in total. The van der Waals surface area contributed by atoms with E-state index in [4.69, 9.17) is 0 Å². The minimum absolute atomic E-state index is 0.450. The van der Waals surface area contributed by atoms with Crippen molar-refractivity contribution in [3.63, 3.8) is 0 Å². The molecule has 0 fully saturated rings. The van der Waals surface area contributed by atoms with Crippen LogP contribution in [0.3, 0.4) is 0 Å². The second-order valence-corrected chi connectivity index (χ2v) is 5.98. The van der Waals surface area contributed by atoms with Crippen molar-refractivity contribution in [1.82, 2.24) is 15.4 Å². The minimum Gasteiger partial charge on any atom is -0.508 e. The molecule has 0 saturated carbocycles. The number of para-hydroxylation sites is 2. The molecule has 0 spiro atoms. The number of rotatable bonds is 7. The highest BCUT2D eigenvalue weighted by molar-refractivity contribution is 5.72. The van der Waals surface area contributed by atoms with Crippen molar-refractivity contribution in [1.29, 1.82) is 0 Å². The Balaban J connectivity index is 0.000000194. The molecule has 0 bridgehead atoms. The van der Waals surface area contributed by atoms with Crippen molar-refractivity contribution >= 4 is 11.0 Å². The molecule has 4 nitrogen and oxygen atoms in total. The fraction of sp³-hybridized carbons (Fsp3) is 0.400. The first-order valence-electron chi connectivity index (χ1n) is 8.84. The average molecular weight is 325 g/mol. The van der Waals surface area contributed by atoms with Crippen LogP contribution in [0.2, 0.25) is 0 Å². The summed E-state index contributed by atoms with van der Waals surface area (Å²) in [4.78, 5) is 0. The summed E-state index contributed by atoms with van der Waals surface area (Å²) in [7, 11) is 0. The zero-order valence-electron chi connectivity index (χ0n) is 14.4. The number of aromatic amines is 1. The predicted molar refractivity (Wildman–Crippen MR) is 99.1 cm³/mol. The quantitative estimate of drug-likeness (QED) is 0.583. The molecule has 2 aromatic carbocycles. The number of unbranched alkanes of at least 4 members (excludes halogenated alkanes) is 5. The highest BCUT2D eigenvalue weighted by Gasteiger charge is 1.98. The Hall–Kier alpha value is -2.36. The summed E-state index contributed by atoms with van der Waals surface area (Å²) in [6, 6.07) is 15.4. The number of aromatic nitrogens is 3. The van der Waals surface area contributed by atoms with Gasteiger partial charge in [0.15, 0.2) is 0 Å². The molecule has 3 aromatic rings. The monoisotopic (exact) mass is 325 g/mol. The molecular weight excluding hydrogens is 298 g/mol. The van der Waals surface area contributed by atoms with Crippen LogP contribution in [0.25, 0.3) is 11.0 Å². The smallest absolute Gasteiger partial charge is 0.118 e. The van der Waals surface area contributed by atoms with Crippen LogP contribution in [0, 0.1) is 0 Å². The number of H-pyrrole nitrogens is 1. The zero-order chi connectivity index (χ0) is 17.0. The van der Waals surface area contributed by atoms with Gasteiger partial charge in [-0.2, -0.15) is 0 Å². The van der Waals surface area contributed by atoms with Crippen LogP contribution in [0.1, 0.15) is 51.0 Å². The maximum absolute atomic E-state index is 9.55. The molecule has 128 valence electrons. The Bertz CT molecular complexity index is 678. The number of aryl methyl sites for hydroxylation is 1. The molecule has 1 aromatic heterocycles. The van der Waals surface area contributed by atoms with Crippen molar-refractivity contribution in [3.05, 3.63) is 54.1 Å². The second kappa shape index (κ2) is 10.4. The average Bonchev–Trinajstić information content (AvgIpc) is 3.09. The number of nitrogens with one attached hydrogen (secondary N) is 1. The molecule has 0 amide bonds. The summed E-state index contributed by atoms with van der Waals surface area (Å²) in [6.45, 7) is 2.24. The third-order valence-electron chi connectivity index (χ3n) is 4.02. The lowest BCUT2D eigenvalue weighted by Gasteiger charge is -2.03. The van der Waals surface area contributed by atoms with E-state index < -0.39 is 0 Å². The first-order chi connectivity index (χ1) is 11.8. The van der Waals surface area contributed by atoms with Crippen molar-refractivity contribution in [3.8, 4) is 5.75 Å². The fourth-order valence-corrected chi connectivity index (χ4v) is 2.61. The van der Waals surface area contributed by atoms with Gasteiger partial charge in [0.2, 0.25) is 0 Å². The molecule has 1 heterocycles. The number of nitrogens with zero attached hydrogens (tertiary/aromatic N) is 2. The molecule has 0 radical (unpaired) electrons. The van der Waals surface area contributed by atoms with E-state index >= 15 is 0 Å². The molecule has 0 unspecified atom stereocenters. The standard InChI is InChI=1S/C14H22O.C6H5N3/c1-2-3-4-5-6-7-10-13-11-8-9-12-14(13)15;1-2-4-6-5(3-1)7-9-8-6/h8-9,11-12,15H,2-7,10H2,1H3;1-4H,(H,7,8,9). The normalized spacial score (nSPS) is 10.4. The van der Waals surface area contributed by atoms with Gasteiger partial charge in [0.05, 0.1) is 5.52 Å². The van der Waals surface area contributed by atoms with Crippen molar-refractivity contribution < 1.29 is 5.11 Å². The number of phenolic OH excluding ortho intramolecular Hbond substituents is 1. The van der Waals surface area contributed by atoms with Crippen LogP contribution in [0.15, 0.2) is 48.5 Å². The van der Waals surface area contributed by atoms with Crippen LogP contribution in [0.4, 0.5) is 0 Å². The summed E-state index contributed by atoms with van der Waals surface area (Å²) in [5.74, 6) is 0.450. The number of fused-ring (bicyclic) bond motifs is 1. The first kappa shape index (κ1) is 18.0. The molecule has 3 rings (SSSR count). The van der Waals surface area contributed by atoms with E-state index in [-0.39, 0.29) is 0 Å². The Morgan fingerprint density at radius 3 is 2.38 bits per heavy atom. The van der Waals surface area contributed by atoms with Gasteiger partial charge in [-0.1, -0.05) is 74.6 Å². The highest BCUT2D eigenvalue weighted by Crippen LogP contribution is 2.18. The molecule has 0 aliphatic carbocycles. The van der Waals surface area contributed by atoms with E-state index in [1.807, 2.05) is 42.5 Å². The summed E-state index contributed by atoms with van der Waals surface area (Å²) in [6.07, 6.45) is 8.85. The van der Waals surface area contributed by atoms with E-state index in [9.17, 15) is 5.11 Å². The number of hydrogen-bond donors (Lipinski definition) is 2. The van der Waals surface area contributed by atoms with E-state index in [1.165, 1.54) is 38.5 Å².